The molecule has 0 radical (unpaired) electrons. The zero-order chi connectivity index (χ0) is 11.3. The molecule has 0 spiro atoms. The molecule has 0 aromatic heterocycles. The van der Waals surface area contributed by atoms with Gasteiger partial charge in [0, 0.05) is 13.2 Å². The van der Waals surface area contributed by atoms with Gasteiger partial charge >= 0.3 is 0 Å². The molecule has 0 aromatic rings. The Kier molecular flexibility index (Phi) is 5.05. The lowest BCUT2D eigenvalue weighted by atomic mass is 9.87. The molecule has 4 nitrogen and oxygen atoms in total. The van der Waals surface area contributed by atoms with Crippen LogP contribution in [-0.4, -0.2) is 31.7 Å². The Hall–Kier alpha value is -0.610. The summed E-state index contributed by atoms with van der Waals surface area (Å²) in [7, 11) is 1.58. The fraction of sp³-hybridized carbons (Fsp3) is 0.909. The third kappa shape index (κ3) is 4.18. The van der Waals surface area contributed by atoms with Gasteiger partial charge in [-0.25, -0.2) is 0 Å². The van der Waals surface area contributed by atoms with Crippen LogP contribution in [0.1, 0.15) is 32.6 Å². The molecule has 1 aliphatic carbocycles. The van der Waals surface area contributed by atoms with Gasteiger partial charge in [0.05, 0.1) is 6.61 Å². The van der Waals surface area contributed by atoms with E-state index in [-0.39, 0.29) is 11.9 Å². The average Bonchev–Trinajstić information content (AvgIpc) is 2.20. The molecule has 1 unspecified atom stereocenters. The number of nitrogens with one attached hydrogen (secondary N) is 1. The molecule has 1 aliphatic rings. The molecule has 0 saturated heterocycles. The quantitative estimate of drug-likeness (QED) is 0.706. The van der Waals surface area contributed by atoms with Gasteiger partial charge in [0.15, 0.2) is 0 Å². The molecule has 0 aromatic carbocycles. The zero-order valence-corrected chi connectivity index (χ0v) is 9.66. The van der Waals surface area contributed by atoms with Gasteiger partial charge in [0.25, 0.3) is 0 Å². The van der Waals surface area contributed by atoms with Crippen LogP contribution in [0.15, 0.2) is 0 Å². The standard InChI is InChI=1S/C11H22N2O2/c1-8-3-5-9(6-4-8)13-10(7-15-2)11(12)14/h8-10,13H,3-7H2,1-2H3,(H2,12,14). The minimum Gasteiger partial charge on any atom is -0.383 e. The maximum atomic E-state index is 11.1. The van der Waals surface area contributed by atoms with Crippen molar-refractivity contribution in [3.8, 4) is 0 Å². The lowest BCUT2D eigenvalue weighted by Crippen LogP contribution is -2.49. The highest BCUT2D eigenvalue weighted by atomic mass is 16.5. The summed E-state index contributed by atoms with van der Waals surface area (Å²) in [6.45, 7) is 2.64. The lowest BCUT2D eigenvalue weighted by Gasteiger charge is -2.29. The monoisotopic (exact) mass is 214 g/mol. The fourth-order valence-corrected chi connectivity index (χ4v) is 2.09. The van der Waals surface area contributed by atoms with E-state index in [0.717, 1.165) is 18.8 Å². The molecule has 0 bridgehead atoms. The Morgan fingerprint density at radius 3 is 2.53 bits per heavy atom. The number of hydrogen-bond acceptors (Lipinski definition) is 3. The van der Waals surface area contributed by atoms with Crippen LogP contribution in [0.2, 0.25) is 0 Å². The van der Waals surface area contributed by atoms with Crippen molar-refractivity contribution in [2.24, 2.45) is 11.7 Å². The molecule has 88 valence electrons. The van der Waals surface area contributed by atoms with Crippen molar-refractivity contribution in [1.29, 1.82) is 0 Å². The maximum absolute atomic E-state index is 11.1. The van der Waals surface area contributed by atoms with E-state index in [4.69, 9.17) is 10.5 Å². The number of rotatable bonds is 5. The van der Waals surface area contributed by atoms with Gasteiger partial charge in [0.2, 0.25) is 5.91 Å². The van der Waals surface area contributed by atoms with Crippen LogP contribution in [0.4, 0.5) is 0 Å². The minimum absolute atomic E-state index is 0.324. The van der Waals surface area contributed by atoms with E-state index in [1.165, 1.54) is 12.8 Å². The number of primary amides is 1. The second-order valence-electron chi connectivity index (χ2n) is 4.53. The summed E-state index contributed by atoms with van der Waals surface area (Å²) in [6.07, 6.45) is 4.73. The van der Waals surface area contributed by atoms with E-state index in [2.05, 4.69) is 12.2 Å². The first-order valence-electron chi connectivity index (χ1n) is 5.67. The number of hydrogen-bond donors (Lipinski definition) is 2. The van der Waals surface area contributed by atoms with Crippen LogP contribution in [0, 0.1) is 5.92 Å². The Labute approximate surface area is 91.5 Å². The number of ether oxygens (including phenoxy) is 1. The third-order valence-corrected chi connectivity index (χ3v) is 3.13. The third-order valence-electron chi connectivity index (χ3n) is 3.13. The molecular weight excluding hydrogens is 192 g/mol. The molecule has 1 amide bonds. The number of methoxy groups -OCH3 is 1. The van der Waals surface area contributed by atoms with Gasteiger partial charge in [-0.05, 0) is 31.6 Å². The Morgan fingerprint density at radius 1 is 1.47 bits per heavy atom. The van der Waals surface area contributed by atoms with E-state index in [0.29, 0.717) is 12.6 Å². The molecular formula is C11H22N2O2. The number of carbonyl (C=O) groups excluding carboxylic acids is 1. The van der Waals surface area contributed by atoms with Gasteiger partial charge in [-0.1, -0.05) is 6.92 Å². The zero-order valence-electron chi connectivity index (χ0n) is 9.66. The topological polar surface area (TPSA) is 64.3 Å². The first kappa shape index (κ1) is 12.5. The fourth-order valence-electron chi connectivity index (χ4n) is 2.09. The van der Waals surface area contributed by atoms with Crippen LogP contribution in [0.25, 0.3) is 0 Å². The van der Waals surface area contributed by atoms with Crippen LogP contribution < -0.4 is 11.1 Å². The van der Waals surface area contributed by atoms with E-state index in [9.17, 15) is 4.79 Å². The van der Waals surface area contributed by atoms with E-state index in [1.807, 2.05) is 0 Å². The van der Waals surface area contributed by atoms with Crippen molar-refractivity contribution in [3.63, 3.8) is 0 Å². The molecule has 4 heteroatoms. The summed E-state index contributed by atoms with van der Waals surface area (Å²) >= 11 is 0. The summed E-state index contributed by atoms with van der Waals surface area (Å²) in [5.41, 5.74) is 5.29. The van der Waals surface area contributed by atoms with Crippen LogP contribution >= 0.6 is 0 Å². The van der Waals surface area contributed by atoms with Gasteiger partial charge in [0.1, 0.15) is 6.04 Å². The predicted molar refractivity (Wildman–Crippen MR) is 59.4 cm³/mol. The van der Waals surface area contributed by atoms with Crippen molar-refractivity contribution >= 4 is 5.91 Å². The maximum Gasteiger partial charge on any atom is 0.236 e. The Bertz CT molecular complexity index is 201. The molecule has 1 rings (SSSR count). The molecule has 1 atom stereocenters. The highest BCUT2D eigenvalue weighted by Gasteiger charge is 2.23. The SMILES string of the molecule is COCC(NC1CCC(C)CC1)C(N)=O. The van der Waals surface area contributed by atoms with Crippen molar-refractivity contribution in [2.45, 2.75) is 44.7 Å². The molecule has 0 aliphatic heterocycles. The molecule has 0 heterocycles. The van der Waals surface area contributed by atoms with Gasteiger partial charge in [-0.15, -0.1) is 0 Å². The highest BCUT2D eigenvalue weighted by Crippen LogP contribution is 2.23. The second kappa shape index (κ2) is 6.08. The summed E-state index contributed by atoms with van der Waals surface area (Å²) in [5.74, 6) is 0.493. The minimum atomic E-state index is -0.339. The molecule has 3 N–H and O–H groups in total. The van der Waals surface area contributed by atoms with Gasteiger partial charge in [-0.2, -0.15) is 0 Å². The number of amides is 1. The summed E-state index contributed by atoms with van der Waals surface area (Å²) in [5, 5.41) is 3.28. The van der Waals surface area contributed by atoms with Gasteiger partial charge < -0.3 is 15.8 Å². The van der Waals surface area contributed by atoms with Crippen molar-refractivity contribution < 1.29 is 9.53 Å². The summed E-state index contributed by atoms with van der Waals surface area (Å²) in [4.78, 5) is 11.1. The number of carbonyl (C=O) groups is 1. The smallest absolute Gasteiger partial charge is 0.236 e. The lowest BCUT2D eigenvalue weighted by molar-refractivity contribution is -0.121. The van der Waals surface area contributed by atoms with Crippen LogP contribution in [-0.2, 0) is 9.53 Å². The van der Waals surface area contributed by atoms with Crippen LogP contribution in [0.3, 0.4) is 0 Å². The average molecular weight is 214 g/mol. The van der Waals surface area contributed by atoms with Crippen molar-refractivity contribution in [3.05, 3.63) is 0 Å². The highest BCUT2D eigenvalue weighted by molar-refractivity contribution is 5.80. The van der Waals surface area contributed by atoms with Gasteiger partial charge in [-0.3, -0.25) is 4.79 Å². The number of nitrogens with two attached hydrogens (primary N) is 1. The van der Waals surface area contributed by atoms with E-state index >= 15 is 0 Å². The van der Waals surface area contributed by atoms with Crippen molar-refractivity contribution in [1.82, 2.24) is 5.32 Å². The predicted octanol–water partition coefficient (Wildman–Crippen LogP) is 0.655. The first-order chi connectivity index (χ1) is 7.13. The molecule has 1 fully saturated rings. The normalized spacial score (nSPS) is 28.7. The summed E-state index contributed by atoms with van der Waals surface area (Å²) in [6, 6.07) is 0.0854. The van der Waals surface area contributed by atoms with Crippen molar-refractivity contribution in [2.75, 3.05) is 13.7 Å². The van der Waals surface area contributed by atoms with E-state index in [1.54, 1.807) is 7.11 Å². The first-order valence-corrected chi connectivity index (χ1v) is 5.67. The van der Waals surface area contributed by atoms with E-state index < -0.39 is 0 Å². The molecule has 15 heavy (non-hydrogen) atoms. The second-order valence-corrected chi connectivity index (χ2v) is 4.53. The Balaban J connectivity index is 2.34. The summed E-state index contributed by atoms with van der Waals surface area (Å²) < 4.78 is 4.96. The molecule has 1 saturated carbocycles. The Morgan fingerprint density at radius 2 is 2.07 bits per heavy atom. The largest absolute Gasteiger partial charge is 0.383 e. The van der Waals surface area contributed by atoms with Crippen LogP contribution in [0.5, 0.6) is 0 Å².